The molecule has 2 fully saturated rings. The van der Waals surface area contributed by atoms with Crippen molar-refractivity contribution in [3.05, 3.63) is 0 Å². The van der Waals surface area contributed by atoms with E-state index in [1.54, 1.807) is 0 Å². The summed E-state index contributed by atoms with van der Waals surface area (Å²) in [5.41, 5.74) is -0.427. The van der Waals surface area contributed by atoms with Crippen molar-refractivity contribution in [2.45, 2.75) is 83.8 Å². The fourth-order valence-corrected chi connectivity index (χ4v) is 3.41. The second-order valence-electron chi connectivity index (χ2n) is 8.43. The Labute approximate surface area is 135 Å². The minimum Gasteiger partial charge on any atom is -0.444 e. The lowest BCUT2D eigenvalue weighted by Gasteiger charge is -2.34. The van der Waals surface area contributed by atoms with Crippen LogP contribution in [0.2, 0.25) is 0 Å². The summed E-state index contributed by atoms with van der Waals surface area (Å²) >= 11 is 0. The number of alkyl carbamates (subject to hydrolysis) is 1. The largest absolute Gasteiger partial charge is 0.444 e. The molecule has 128 valence electrons. The first-order chi connectivity index (χ1) is 10.3. The van der Waals surface area contributed by atoms with Crippen molar-refractivity contribution in [1.82, 2.24) is 10.6 Å². The number of nitrogens with one attached hydrogen (secondary N) is 2. The van der Waals surface area contributed by atoms with E-state index < -0.39 is 5.60 Å². The van der Waals surface area contributed by atoms with Gasteiger partial charge < -0.3 is 15.4 Å². The van der Waals surface area contributed by atoms with Crippen molar-refractivity contribution in [3.63, 3.8) is 0 Å². The Kier molecular flexibility index (Phi) is 5.76. The first-order valence-electron chi connectivity index (χ1n) is 9.00. The SMILES string of the molecule is CC(C)(C)OC(=O)NCC(C)(NCC1CCCCC1)C1CC1. The maximum atomic E-state index is 11.9. The van der Waals surface area contributed by atoms with E-state index in [9.17, 15) is 4.79 Å². The van der Waals surface area contributed by atoms with Gasteiger partial charge >= 0.3 is 6.09 Å². The minimum absolute atomic E-state index is 0.00829. The number of carbonyl (C=O) groups excluding carboxylic acids is 1. The zero-order valence-corrected chi connectivity index (χ0v) is 14.8. The van der Waals surface area contributed by atoms with Gasteiger partial charge in [0, 0.05) is 12.1 Å². The Morgan fingerprint density at radius 1 is 1.05 bits per heavy atom. The standard InChI is InChI=1S/C18H34N2O2/c1-17(2,3)22-16(21)19-13-18(4,15-10-11-15)20-12-14-8-6-5-7-9-14/h14-15,20H,5-13H2,1-4H3,(H,19,21). The maximum Gasteiger partial charge on any atom is 0.407 e. The molecule has 2 N–H and O–H groups in total. The molecule has 4 heteroatoms. The van der Waals surface area contributed by atoms with Gasteiger partial charge in [-0.2, -0.15) is 0 Å². The van der Waals surface area contributed by atoms with Crippen LogP contribution >= 0.6 is 0 Å². The average molecular weight is 310 g/mol. The third-order valence-electron chi connectivity index (χ3n) is 5.00. The molecule has 0 heterocycles. The Morgan fingerprint density at radius 2 is 1.68 bits per heavy atom. The molecule has 4 nitrogen and oxygen atoms in total. The number of ether oxygens (including phenoxy) is 1. The second kappa shape index (κ2) is 7.20. The molecule has 0 bridgehead atoms. The predicted molar refractivity (Wildman–Crippen MR) is 89.9 cm³/mol. The average Bonchev–Trinajstić information content (AvgIpc) is 3.27. The smallest absolute Gasteiger partial charge is 0.407 e. The number of carbonyl (C=O) groups is 1. The van der Waals surface area contributed by atoms with Crippen molar-refractivity contribution in [2.75, 3.05) is 13.1 Å². The molecule has 1 amide bonds. The first kappa shape index (κ1) is 17.6. The van der Waals surface area contributed by atoms with E-state index in [0.717, 1.165) is 12.5 Å². The highest BCUT2D eigenvalue weighted by Gasteiger charge is 2.41. The van der Waals surface area contributed by atoms with E-state index in [1.165, 1.54) is 44.9 Å². The Hall–Kier alpha value is -0.770. The van der Waals surface area contributed by atoms with Crippen molar-refractivity contribution in [3.8, 4) is 0 Å². The van der Waals surface area contributed by atoms with Gasteiger partial charge in [0.25, 0.3) is 0 Å². The van der Waals surface area contributed by atoms with Gasteiger partial charge in [0.2, 0.25) is 0 Å². The fourth-order valence-electron chi connectivity index (χ4n) is 3.41. The van der Waals surface area contributed by atoms with Crippen LogP contribution in [0.1, 0.15) is 72.6 Å². The van der Waals surface area contributed by atoms with Gasteiger partial charge in [-0.3, -0.25) is 0 Å². The summed E-state index contributed by atoms with van der Waals surface area (Å²) < 4.78 is 5.35. The van der Waals surface area contributed by atoms with Crippen LogP contribution in [-0.4, -0.2) is 30.3 Å². The van der Waals surface area contributed by atoms with Crippen LogP contribution in [0.3, 0.4) is 0 Å². The van der Waals surface area contributed by atoms with Gasteiger partial charge in [-0.25, -0.2) is 4.79 Å². The zero-order valence-electron chi connectivity index (χ0n) is 14.8. The monoisotopic (exact) mass is 310 g/mol. The van der Waals surface area contributed by atoms with Crippen LogP contribution in [0.25, 0.3) is 0 Å². The molecule has 2 rings (SSSR count). The Balaban J connectivity index is 1.78. The van der Waals surface area contributed by atoms with Gasteiger partial charge in [0.15, 0.2) is 0 Å². The molecule has 0 saturated heterocycles. The third-order valence-corrected chi connectivity index (χ3v) is 5.00. The number of hydrogen-bond acceptors (Lipinski definition) is 3. The van der Waals surface area contributed by atoms with E-state index in [2.05, 4.69) is 17.6 Å². The Bertz CT molecular complexity index is 368. The fraction of sp³-hybridized carbons (Fsp3) is 0.944. The van der Waals surface area contributed by atoms with Gasteiger partial charge in [0.1, 0.15) is 5.60 Å². The Morgan fingerprint density at radius 3 is 2.23 bits per heavy atom. The molecular formula is C18H34N2O2. The summed E-state index contributed by atoms with van der Waals surface area (Å²) in [5, 5.41) is 6.74. The van der Waals surface area contributed by atoms with Gasteiger partial charge in [-0.15, -0.1) is 0 Å². The summed E-state index contributed by atoms with van der Waals surface area (Å²) in [5.74, 6) is 1.50. The quantitative estimate of drug-likeness (QED) is 0.783. The molecule has 0 radical (unpaired) electrons. The number of hydrogen-bond donors (Lipinski definition) is 2. The molecule has 0 aromatic carbocycles. The highest BCUT2D eigenvalue weighted by molar-refractivity contribution is 5.67. The van der Waals surface area contributed by atoms with Gasteiger partial charge in [0.05, 0.1) is 0 Å². The normalized spacial score (nSPS) is 22.9. The van der Waals surface area contributed by atoms with Crippen molar-refractivity contribution in [2.24, 2.45) is 11.8 Å². The third kappa shape index (κ3) is 5.79. The highest BCUT2D eigenvalue weighted by Crippen LogP contribution is 2.39. The molecule has 22 heavy (non-hydrogen) atoms. The van der Waals surface area contributed by atoms with E-state index in [4.69, 9.17) is 4.74 Å². The van der Waals surface area contributed by atoms with Crippen molar-refractivity contribution < 1.29 is 9.53 Å². The predicted octanol–water partition coefficient (Wildman–Crippen LogP) is 3.85. The van der Waals surface area contributed by atoms with E-state index >= 15 is 0 Å². The topological polar surface area (TPSA) is 50.4 Å². The summed E-state index contributed by atoms with van der Waals surface area (Å²) in [7, 11) is 0. The van der Waals surface area contributed by atoms with E-state index in [-0.39, 0.29) is 11.6 Å². The first-order valence-corrected chi connectivity index (χ1v) is 9.00. The van der Waals surface area contributed by atoms with Crippen LogP contribution in [0.4, 0.5) is 4.79 Å². The van der Waals surface area contributed by atoms with E-state index in [0.29, 0.717) is 12.5 Å². The summed E-state index contributed by atoms with van der Waals surface area (Å²) in [6.45, 7) is 9.68. The zero-order chi connectivity index (χ0) is 16.2. The van der Waals surface area contributed by atoms with Crippen molar-refractivity contribution >= 4 is 6.09 Å². The molecule has 0 aromatic heterocycles. The summed E-state index contributed by atoms with van der Waals surface area (Å²) in [6.07, 6.45) is 9.09. The molecule has 2 saturated carbocycles. The molecule has 0 spiro atoms. The van der Waals surface area contributed by atoms with Crippen LogP contribution in [0.15, 0.2) is 0 Å². The number of amides is 1. The molecular weight excluding hydrogens is 276 g/mol. The summed E-state index contributed by atoms with van der Waals surface area (Å²) in [4.78, 5) is 11.9. The lowest BCUT2D eigenvalue weighted by atomic mass is 9.87. The molecule has 1 unspecified atom stereocenters. The lowest BCUT2D eigenvalue weighted by molar-refractivity contribution is 0.0507. The lowest BCUT2D eigenvalue weighted by Crippen LogP contribution is -2.54. The molecule has 1 atom stereocenters. The van der Waals surface area contributed by atoms with Crippen LogP contribution in [-0.2, 0) is 4.74 Å². The van der Waals surface area contributed by atoms with Crippen molar-refractivity contribution in [1.29, 1.82) is 0 Å². The van der Waals surface area contributed by atoms with Gasteiger partial charge in [-0.1, -0.05) is 19.3 Å². The highest BCUT2D eigenvalue weighted by atomic mass is 16.6. The molecule has 0 aliphatic heterocycles. The summed E-state index contributed by atoms with van der Waals surface area (Å²) in [6, 6.07) is 0. The molecule has 2 aliphatic carbocycles. The number of rotatable bonds is 6. The van der Waals surface area contributed by atoms with Crippen LogP contribution < -0.4 is 10.6 Å². The maximum absolute atomic E-state index is 11.9. The minimum atomic E-state index is -0.435. The molecule has 0 aromatic rings. The van der Waals surface area contributed by atoms with Crippen LogP contribution in [0.5, 0.6) is 0 Å². The van der Waals surface area contributed by atoms with Crippen LogP contribution in [0, 0.1) is 11.8 Å². The molecule has 2 aliphatic rings. The second-order valence-corrected chi connectivity index (χ2v) is 8.43. The van der Waals surface area contributed by atoms with Gasteiger partial charge in [-0.05, 0) is 71.8 Å². The van der Waals surface area contributed by atoms with E-state index in [1.807, 2.05) is 20.8 Å².